The Hall–Kier alpha value is -1.31. The van der Waals surface area contributed by atoms with Gasteiger partial charge in [0, 0.05) is 0 Å². The highest BCUT2D eigenvalue weighted by Crippen LogP contribution is 2.23. The number of hydrogen-bond acceptors (Lipinski definition) is 2. The third-order valence-electron chi connectivity index (χ3n) is 1.84. The lowest BCUT2D eigenvalue weighted by Crippen LogP contribution is -2.05. The summed E-state index contributed by atoms with van der Waals surface area (Å²) in [6, 6.07) is 7.57. The summed E-state index contributed by atoms with van der Waals surface area (Å²) in [5, 5.41) is 0. The maximum atomic E-state index is 10.9. The summed E-state index contributed by atoms with van der Waals surface area (Å²) < 4.78 is 5.01. The van der Waals surface area contributed by atoms with E-state index in [1.54, 1.807) is 6.07 Å². The second-order valence-electron chi connectivity index (χ2n) is 2.67. The van der Waals surface area contributed by atoms with Gasteiger partial charge in [-0.1, -0.05) is 18.2 Å². The molecule has 0 saturated heterocycles. The first kappa shape index (κ1) is 7.35. The van der Waals surface area contributed by atoms with Crippen LogP contribution in [0.3, 0.4) is 0 Å². The summed E-state index contributed by atoms with van der Waals surface area (Å²) in [5.74, 6) is 0.312. The first-order valence-corrected chi connectivity index (χ1v) is 3.90. The number of aryl methyl sites for hydroxylation is 1. The van der Waals surface area contributed by atoms with Crippen LogP contribution in [0.1, 0.15) is 12.0 Å². The van der Waals surface area contributed by atoms with E-state index in [4.69, 9.17) is 4.74 Å². The molecule has 0 bridgehead atoms. The Morgan fingerprint density at radius 3 is 3.08 bits per heavy atom. The van der Waals surface area contributed by atoms with Crippen LogP contribution in [-0.4, -0.2) is 5.97 Å². The maximum Gasteiger partial charge on any atom is 0.319 e. The molecular weight excluding hydrogens is 152 g/mol. The van der Waals surface area contributed by atoms with Gasteiger partial charge in [0.05, 0.1) is 0 Å². The minimum atomic E-state index is -0.361. The van der Waals surface area contributed by atoms with Crippen molar-refractivity contribution in [3.8, 4) is 5.75 Å². The van der Waals surface area contributed by atoms with E-state index in [1.807, 2.05) is 18.2 Å². The average molecular weight is 160 g/mol. The number of hydrogen-bond donors (Lipinski definition) is 0. The molecule has 1 aromatic rings. The molecule has 1 heterocycles. The summed E-state index contributed by atoms with van der Waals surface area (Å²) in [7, 11) is 0. The van der Waals surface area contributed by atoms with Gasteiger partial charge in [0.15, 0.2) is 0 Å². The van der Waals surface area contributed by atoms with E-state index in [-0.39, 0.29) is 5.97 Å². The van der Waals surface area contributed by atoms with Crippen LogP contribution in [-0.2, 0) is 11.2 Å². The summed E-state index contributed by atoms with van der Waals surface area (Å²) in [5.41, 5.74) is 1.08. The monoisotopic (exact) mass is 160 g/mol. The molecule has 2 heteroatoms. The Balaban J connectivity index is 2.37. The highest BCUT2D eigenvalue weighted by Gasteiger charge is 2.14. The van der Waals surface area contributed by atoms with Crippen LogP contribution in [0, 0.1) is 6.42 Å². The fourth-order valence-electron chi connectivity index (χ4n) is 1.25. The van der Waals surface area contributed by atoms with Crippen molar-refractivity contribution in [1.29, 1.82) is 0 Å². The molecule has 0 N–H and O–H groups in total. The van der Waals surface area contributed by atoms with Crippen molar-refractivity contribution in [2.45, 2.75) is 12.8 Å². The lowest BCUT2D eigenvalue weighted by atomic mass is 10.1. The van der Waals surface area contributed by atoms with Crippen molar-refractivity contribution in [3.05, 3.63) is 36.2 Å². The molecular formula is C10H8O2. The smallest absolute Gasteiger partial charge is 0.319 e. The van der Waals surface area contributed by atoms with E-state index in [0.29, 0.717) is 12.2 Å². The van der Waals surface area contributed by atoms with Crippen molar-refractivity contribution in [1.82, 2.24) is 0 Å². The molecule has 0 spiro atoms. The number of rotatable bonds is 0. The molecule has 60 valence electrons. The first-order valence-electron chi connectivity index (χ1n) is 3.90. The van der Waals surface area contributed by atoms with Crippen molar-refractivity contribution >= 4 is 5.97 Å². The summed E-state index contributed by atoms with van der Waals surface area (Å²) in [6.45, 7) is 0. The predicted octanol–water partition coefficient (Wildman–Crippen LogP) is 1.62. The zero-order valence-electron chi connectivity index (χ0n) is 6.54. The van der Waals surface area contributed by atoms with Crippen LogP contribution >= 0.6 is 0 Å². The van der Waals surface area contributed by atoms with E-state index in [9.17, 15) is 4.79 Å². The molecule has 0 aromatic heterocycles. The Kier molecular flexibility index (Phi) is 1.82. The third-order valence-corrected chi connectivity index (χ3v) is 1.84. The average Bonchev–Trinajstić information content (AvgIpc) is 2.25. The number of para-hydroxylation sites is 1. The van der Waals surface area contributed by atoms with Gasteiger partial charge in [-0.3, -0.25) is 4.79 Å². The van der Waals surface area contributed by atoms with Crippen molar-refractivity contribution in [2.75, 3.05) is 0 Å². The zero-order valence-corrected chi connectivity index (χ0v) is 6.54. The Morgan fingerprint density at radius 2 is 2.17 bits per heavy atom. The van der Waals surface area contributed by atoms with Crippen LogP contribution in [0.4, 0.5) is 0 Å². The molecule has 1 aliphatic heterocycles. The number of fused-ring (bicyclic) bond motifs is 1. The summed E-state index contributed by atoms with van der Waals surface area (Å²) in [4.78, 5) is 10.9. The quantitative estimate of drug-likeness (QED) is 0.426. The van der Waals surface area contributed by atoms with Crippen LogP contribution in [0.5, 0.6) is 5.75 Å². The lowest BCUT2D eigenvalue weighted by Gasteiger charge is -2.02. The van der Waals surface area contributed by atoms with Gasteiger partial charge in [0.25, 0.3) is 0 Å². The second kappa shape index (κ2) is 2.97. The highest BCUT2D eigenvalue weighted by atomic mass is 16.5. The third kappa shape index (κ3) is 1.33. The number of carbonyl (C=O) groups is 1. The van der Waals surface area contributed by atoms with Gasteiger partial charge in [0.2, 0.25) is 0 Å². The number of esters is 1. The predicted molar refractivity (Wildman–Crippen MR) is 43.6 cm³/mol. The van der Waals surface area contributed by atoms with Gasteiger partial charge >= 0.3 is 5.97 Å². The van der Waals surface area contributed by atoms with Crippen LogP contribution in [0.25, 0.3) is 0 Å². The number of benzene rings is 1. The van der Waals surface area contributed by atoms with Gasteiger partial charge in [-0.25, -0.2) is 0 Å². The lowest BCUT2D eigenvalue weighted by molar-refractivity contribution is -0.130. The van der Waals surface area contributed by atoms with Crippen molar-refractivity contribution < 1.29 is 9.53 Å². The molecule has 2 nitrogen and oxygen atoms in total. The van der Waals surface area contributed by atoms with E-state index >= 15 is 0 Å². The van der Waals surface area contributed by atoms with Gasteiger partial charge in [-0.2, -0.15) is 0 Å². The standard InChI is InChI=1S/C10H8O2/c11-10-7-3-5-8-4-1-2-6-9(8)12-10/h1-2,4,6H,3,5H2. The molecule has 12 heavy (non-hydrogen) atoms. The molecule has 0 amide bonds. The molecule has 0 aliphatic carbocycles. The van der Waals surface area contributed by atoms with Gasteiger partial charge < -0.3 is 4.74 Å². The van der Waals surface area contributed by atoms with E-state index in [0.717, 1.165) is 12.0 Å². The summed E-state index contributed by atoms with van der Waals surface area (Å²) >= 11 is 0. The normalized spacial score (nSPS) is 16.2. The SMILES string of the molecule is O=C1[C]CCc2ccccc2O1. The minimum Gasteiger partial charge on any atom is -0.426 e. The van der Waals surface area contributed by atoms with Gasteiger partial charge in [-0.15, -0.1) is 0 Å². The maximum absolute atomic E-state index is 10.9. The van der Waals surface area contributed by atoms with Crippen LogP contribution < -0.4 is 4.74 Å². The molecule has 0 fully saturated rings. The van der Waals surface area contributed by atoms with E-state index in [1.165, 1.54) is 0 Å². The largest absolute Gasteiger partial charge is 0.426 e. The first-order chi connectivity index (χ1) is 5.86. The van der Waals surface area contributed by atoms with Crippen molar-refractivity contribution in [2.24, 2.45) is 0 Å². The Morgan fingerprint density at radius 1 is 1.33 bits per heavy atom. The van der Waals surface area contributed by atoms with Crippen molar-refractivity contribution in [3.63, 3.8) is 0 Å². The fraction of sp³-hybridized carbons (Fsp3) is 0.200. The number of carbonyl (C=O) groups excluding carboxylic acids is 1. The van der Waals surface area contributed by atoms with E-state index in [2.05, 4.69) is 6.42 Å². The Labute approximate surface area is 71.2 Å². The van der Waals surface area contributed by atoms with Gasteiger partial charge in [-0.05, 0) is 24.5 Å². The molecule has 0 unspecified atom stereocenters. The minimum absolute atomic E-state index is 0.361. The molecule has 1 aromatic carbocycles. The van der Waals surface area contributed by atoms with Crippen LogP contribution in [0.2, 0.25) is 0 Å². The highest BCUT2D eigenvalue weighted by molar-refractivity contribution is 5.82. The Bertz CT molecular complexity index is 304. The summed E-state index contributed by atoms with van der Waals surface area (Å²) in [6.07, 6.45) is 4.11. The molecule has 2 radical (unpaired) electrons. The topological polar surface area (TPSA) is 26.3 Å². The molecule has 1 aliphatic rings. The molecule has 2 rings (SSSR count). The second-order valence-corrected chi connectivity index (χ2v) is 2.67. The van der Waals surface area contributed by atoms with E-state index < -0.39 is 0 Å². The number of ether oxygens (including phenoxy) is 1. The molecule has 0 atom stereocenters. The fourth-order valence-corrected chi connectivity index (χ4v) is 1.25. The molecule has 0 saturated carbocycles. The van der Waals surface area contributed by atoms with Crippen LogP contribution in [0.15, 0.2) is 24.3 Å². The zero-order chi connectivity index (χ0) is 8.39. The van der Waals surface area contributed by atoms with Gasteiger partial charge in [0.1, 0.15) is 12.2 Å².